The van der Waals surface area contributed by atoms with Crippen molar-refractivity contribution in [2.24, 2.45) is 5.92 Å². The molecule has 2 saturated heterocycles. The van der Waals surface area contributed by atoms with Gasteiger partial charge < -0.3 is 5.32 Å². The van der Waals surface area contributed by atoms with E-state index in [0.717, 1.165) is 18.0 Å². The summed E-state index contributed by atoms with van der Waals surface area (Å²) < 4.78 is 0. The molecule has 1 N–H and O–H groups in total. The second-order valence-electron chi connectivity index (χ2n) is 5.45. The van der Waals surface area contributed by atoms with Gasteiger partial charge in [-0.05, 0) is 56.6 Å². The van der Waals surface area contributed by atoms with Crippen LogP contribution in [0, 0.1) is 12.8 Å². The number of rotatable bonds is 2. The van der Waals surface area contributed by atoms with E-state index in [4.69, 9.17) is 0 Å². The quantitative estimate of drug-likeness (QED) is 0.821. The van der Waals surface area contributed by atoms with E-state index in [9.17, 15) is 0 Å². The van der Waals surface area contributed by atoms with Gasteiger partial charge in [-0.3, -0.25) is 4.98 Å². The summed E-state index contributed by atoms with van der Waals surface area (Å²) in [6.45, 7) is 2.18. The zero-order valence-corrected chi connectivity index (χ0v) is 9.95. The molecule has 2 aliphatic heterocycles. The van der Waals surface area contributed by atoms with Crippen molar-refractivity contribution in [2.45, 2.75) is 51.1 Å². The van der Waals surface area contributed by atoms with Crippen molar-refractivity contribution < 1.29 is 0 Å². The minimum Gasteiger partial charge on any atom is -0.311 e. The fraction of sp³-hybridized carbons (Fsp3) is 0.643. The van der Waals surface area contributed by atoms with E-state index >= 15 is 0 Å². The minimum atomic E-state index is 0.799. The van der Waals surface area contributed by atoms with Crippen LogP contribution in [0.25, 0.3) is 0 Å². The van der Waals surface area contributed by atoms with Crippen molar-refractivity contribution in [3.63, 3.8) is 0 Å². The predicted molar refractivity (Wildman–Crippen MR) is 65.3 cm³/mol. The Morgan fingerprint density at radius 1 is 1.31 bits per heavy atom. The molecule has 0 amide bonds. The molecule has 0 aliphatic carbocycles. The summed E-state index contributed by atoms with van der Waals surface area (Å²) in [5, 5.41) is 3.70. The SMILES string of the molecule is Cc1cccnc1CC1CC2CCC(C1)N2. The van der Waals surface area contributed by atoms with Crippen LogP contribution in [-0.2, 0) is 6.42 Å². The molecule has 0 radical (unpaired) electrons. The summed E-state index contributed by atoms with van der Waals surface area (Å²) in [6.07, 6.45) is 8.60. The van der Waals surface area contributed by atoms with E-state index in [1.165, 1.54) is 43.4 Å². The van der Waals surface area contributed by atoms with Crippen LogP contribution in [0.2, 0.25) is 0 Å². The molecule has 86 valence electrons. The van der Waals surface area contributed by atoms with Gasteiger partial charge in [0.15, 0.2) is 0 Å². The van der Waals surface area contributed by atoms with Crippen LogP contribution in [0.15, 0.2) is 18.3 Å². The topological polar surface area (TPSA) is 24.9 Å². The van der Waals surface area contributed by atoms with E-state index in [1.807, 2.05) is 12.3 Å². The van der Waals surface area contributed by atoms with Crippen molar-refractivity contribution in [3.05, 3.63) is 29.6 Å². The highest BCUT2D eigenvalue weighted by Gasteiger charge is 2.33. The van der Waals surface area contributed by atoms with Crippen molar-refractivity contribution in [2.75, 3.05) is 0 Å². The first-order valence-electron chi connectivity index (χ1n) is 6.48. The predicted octanol–water partition coefficient (Wildman–Crippen LogP) is 2.46. The van der Waals surface area contributed by atoms with E-state index < -0.39 is 0 Å². The Hall–Kier alpha value is -0.890. The molecule has 3 heterocycles. The summed E-state index contributed by atoms with van der Waals surface area (Å²) in [7, 11) is 0. The van der Waals surface area contributed by atoms with Gasteiger partial charge in [0.05, 0.1) is 0 Å². The molecule has 2 aliphatic rings. The van der Waals surface area contributed by atoms with Crippen molar-refractivity contribution in [1.82, 2.24) is 10.3 Å². The standard InChI is InChI=1S/C14H20N2/c1-10-3-2-6-15-14(10)9-11-7-12-4-5-13(8-11)16-12/h2-3,6,11-13,16H,4-5,7-9H2,1H3. The van der Waals surface area contributed by atoms with E-state index in [0.29, 0.717) is 0 Å². The van der Waals surface area contributed by atoms with Gasteiger partial charge in [0.2, 0.25) is 0 Å². The molecule has 1 aromatic heterocycles. The van der Waals surface area contributed by atoms with Gasteiger partial charge in [-0.25, -0.2) is 0 Å². The molecule has 3 rings (SSSR count). The Bertz CT molecular complexity index is 363. The highest BCUT2D eigenvalue weighted by atomic mass is 15.0. The van der Waals surface area contributed by atoms with Crippen molar-refractivity contribution >= 4 is 0 Å². The molecule has 2 bridgehead atoms. The lowest BCUT2D eigenvalue weighted by molar-refractivity contribution is 0.296. The second-order valence-corrected chi connectivity index (χ2v) is 5.45. The third-order valence-electron chi connectivity index (χ3n) is 4.17. The number of hydrogen-bond donors (Lipinski definition) is 1. The molecule has 2 nitrogen and oxygen atoms in total. The van der Waals surface area contributed by atoms with Gasteiger partial charge in [0.1, 0.15) is 0 Å². The summed E-state index contributed by atoms with van der Waals surface area (Å²) in [4.78, 5) is 4.52. The van der Waals surface area contributed by atoms with Gasteiger partial charge in [0, 0.05) is 24.0 Å². The first-order chi connectivity index (χ1) is 7.81. The fourth-order valence-electron chi connectivity index (χ4n) is 3.35. The van der Waals surface area contributed by atoms with Crippen molar-refractivity contribution in [1.29, 1.82) is 0 Å². The zero-order chi connectivity index (χ0) is 11.0. The molecule has 0 spiro atoms. The van der Waals surface area contributed by atoms with Gasteiger partial charge in [-0.2, -0.15) is 0 Å². The van der Waals surface area contributed by atoms with E-state index in [1.54, 1.807) is 0 Å². The number of piperidine rings is 1. The summed E-state index contributed by atoms with van der Waals surface area (Å²) in [5.74, 6) is 0.854. The highest BCUT2D eigenvalue weighted by Crippen LogP contribution is 2.32. The maximum absolute atomic E-state index is 4.52. The molecular weight excluding hydrogens is 196 g/mol. The average Bonchev–Trinajstić information content (AvgIpc) is 2.62. The average molecular weight is 216 g/mol. The van der Waals surface area contributed by atoms with Crippen LogP contribution in [0.1, 0.15) is 36.9 Å². The number of fused-ring (bicyclic) bond motifs is 2. The number of aromatic nitrogens is 1. The number of pyridine rings is 1. The van der Waals surface area contributed by atoms with Gasteiger partial charge in [-0.1, -0.05) is 6.07 Å². The van der Waals surface area contributed by atoms with E-state index in [2.05, 4.69) is 23.3 Å². The molecule has 0 aromatic carbocycles. The molecule has 2 unspecified atom stereocenters. The molecule has 0 saturated carbocycles. The lowest BCUT2D eigenvalue weighted by atomic mass is 9.87. The number of nitrogens with zero attached hydrogens (tertiary/aromatic N) is 1. The fourth-order valence-corrected chi connectivity index (χ4v) is 3.35. The first kappa shape index (κ1) is 10.3. The molecule has 2 fully saturated rings. The Kier molecular flexibility index (Phi) is 2.68. The van der Waals surface area contributed by atoms with Gasteiger partial charge >= 0.3 is 0 Å². The number of hydrogen-bond acceptors (Lipinski definition) is 2. The second kappa shape index (κ2) is 4.17. The summed E-state index contributed by atoms with van der Waals surface area (Å²) in [6, 6.07) is 5.81. The minimum absolute atomic E-state index is 0.799. The lowest BCUT2D eigenvalue weighted by Crippen LogP contribution is -2.38. The van der Waals surface area contributed by atoms with Gasteiger partial charge in [-0.15, -0.1) is 0 Å². The van der Waals surface area contributed by atoms with E-state index in [-0.39, 0.29) is 0 Å². The monoisotopic (exact) mass is 216 g/mol. The van der Waals surface area contributed by atoms with Crippen LogP contribution in [-0.4, -0.2) is 17.1 Å². The smallest absolute Gasteiger partial charge is 0.0435 e. The maximum Gasteiger partial charge on any atom is 0.0435 e. The number of aryl methyl sites for hydroxylation is 1. The normalized spacial score (nSPS) is 32.9. The van der Waals surface area contributed by atoms with Crippen LogP contribution in [0.4, 0.5) is 0 Å². The lowest BCUT2D eigenvalue weighted by Gasteiger charge is -2.29. The molecule has 1 aromatic rings. The largest absolute Gasteiger partial charge is 0.311 e. The van der Waals surface area contributed by atoms with Crippen LogP contribution < -0.4 is 5.32 Å². The van der Waals surface area contributed by atoms with Crippen LogP contribution in [0.3, 0.4) is 0 Å². The molecular formula is C14H20N2. The Balaban J connectivity index is 1.69. The molecule has 2 atom stereocenters. The third-order valence-corrected chi connectivity index (χ3v) is 4.17. The maximum atomic E-state index is 4.52. The summed E-state index contributed by atoms with van der Waals surface area (Å²) in [5.41, 5.74) is 2.67. The van der Waals surface area contributed by atoms with Crippen LogP contribution >= 0.6 is 0 Å². The third kappa shape index (κ3) is 1.99. The van der Waals surface area contributed by atoms with Crippen LogP contribution in [0.5, 0.6) is 0 Å². The Morgan fingerprint density at radius 3 is 2.75 bits per heavy atom. The van der Waals surface area contributed by atoms with Crippen molar-refractivity contribution in [3.8, 4) is 0 Å². The first-order valence-corrected chi connectivity index (χ1v) is 6.48. The molecule has 2 heteroatoms. The highest BCUT2D eigenvalue weighted by molar-refractivity contribution is 5.18. The van der Waals surface area contributed by atoms with Gasteiger partial charge in [0.25, 0.3) is 0 Å². The Morgan fingerprint density at radius 2 is 2.06 bits per heavy atom. The zero-order valence-electron chi connectivity index (χ0n) is 9.95. The number of nitrogens with one attached hydrogen (secondary N) is 1. The summed E-state index contributed by atoms with van der Waals surface area (Å²) >= 11 is 0. The molecule has 16 heavy (non-hydrogen) atoms. The Labute approximate surface area is 97.5 Å².